The van der Waals surface area contributed by atoms with Crippen LogP contribution in [0.3, 0.4) is 0 Å². The summed E-state index contributed by atoms with van der Waals surface area (Å²) in [6, 6.07) is 8.31. The molecule has 32 heavy (non-hydrogen) atoms. The molecule has 2 fully saturated rings. The molecular formula is C23H16Cl4N2O3. The molecule has 0 N–H and O–H groups in total. The number of carbonyl (C=O) groups is 2. The molecule has 1 heterocycles. The third kappa shape index (κ3) is 3.71. The lowest BCUT2D eigenvalue weighted by atomic mass is 9.85. The van der Waals surface area contributed by atoms with Gasteiger partial charge in [0.05, 0.1) is 28.1 Å². The Balaban J connectivity index is 1.31. The van der Waals surface area contributed by atoms with Crippen molar-refractivity contribution in [2.24, 2.45) is 28.8 Å². The van der Waals surface area contributed by atoms with E-state index >= 15 is 0 Å². The first-order chi connectivity index (χ1) is 15.3. The van der Waals surface area contributed by atoms with Crippen molar-refractivity contribution < 1.29 is 14.3 Å². The molecule has 3 aliphatic rings. The average Bonchev–Trinajstić information content (AvgIpc) is 3.42. The third-order valence-corrected chi connectivity index (χ3v) is 7.33. The van der Waals surface area contributed by atoms with Crippen LogP contribution in [-0.2, 0) is 16.2 Å². The van der Waals surface area contributed by atoms with Gasteiger partial charge >= 0.3 is 0 Å². The zero-order chi connectivity index (χ0) is 22.6. The summed E-state index contributed by atoms with van der Waals surface area (Å²) in [4.78, 5) is 25.5. The maximum absolute atomic E-state index is 12.7. The van der Waals surface area contributed by atoms with Crippen molar-refractivity contribution in [1.29, 1.82) is 0 Å². The standard InChI is InChI=1S/C23H16Cl4N2O3/c24-15-4-3-14(16(25)8-15)10-32-21-17(26)5-11(6-18(21)27)9-28-29-22(30)19-12-1-2-13(7-12)20(19)23(29)31/h1-6,8-9,12-13,19-20H,7,10H2/t12-,13-,19-,20+/m0/s1. The first-order valence-electron chi connectivity index (χ1n) is 9.99. The minimum absolute atomic E-state index is 0.135. The maximum Gasteiger partial charge on any atom is 0.254 e. The second-order valence-corrected chi connectivity index (χ2v) is 9.73. The molecular weight excluding hydrogens is 494 g/mol. The number of allylic oxidation sites excluding steroid dienone is 2. The largest absolute Gasteiger partial charge is 0.486 e. The molecule has 4 atom stereocenters. The molecule has 2 aromatic rings. The van der Waals surface area contributed by atoms with Gasteiger partial charge in [0.1, 0.15) is 6.61 Å². The minimum atomic E-state index is -0.294. The Bertz CT molecular complexity index is 1140. The van der Waals surface area contributed by atoms with Crippen molar-refractivity contribution in [3.8, 4) is 5.75 Å². The van der Waals surface area contributed by atoms with Gasteiger partial charge in [0.15, 0.2) is 5.75 Å². The van der Waals surface area contributed by atoms with Crippen LogP contribution in [0.5, 0.6) is 5.75 Å². The van der Waals surface area contributed by atoms with E-state index in [9.17, 15) is 9.59 Å². The van der Waals surface area contributed by atoms with Gasteiger partial charge in [0.25, 0.3) is 11.8 Å². The van der Waals surface area contributed by atoms with E-state index in [0.29, 0.717) is 21.4 Å². The van der Waals surface area contributed by atoms with Crippen LogP contribution in [0.15, 0.2) is 47.6 Å². The van der Waals surface area contributed by atoms with Crippen LogP contribution in [-0.4, -0.2) is 23.0 Å². The van der Waals surface area contributed by atoms with Crippen molar-refractivity contribution in [2.75, 3.05) is 0 Å². The van der Waals surface area contributed by atoms with Gasteiger partial charge in [-0.25, -0.2) is 0 Å². The molecule has 2 amide bonds. The van der Waals surface area contributed by atoms with Crippen molar-refractivity contribution in [3.05, 3.63) is 73.7 Å². The normalized spacial score (nSPS) is 25.9. The van der Waals surface area contributed by atoms with E-state index in [2.05, 4.69) is 5.10 Å². The summed E-state index contributed by atoms with van der Waals surface area (Å²) in [6.45, 7) is 0.152. The lowest BCUT2D eigenvalue weighted by Gasteiger charge is -2.13. The number of rotatable bonds is 5. The predicted octanol–water partition coefficient (Wildman–Crippen LogP) is 6.02. The molecule has 2 aromatic carbocycles. The number of amides is 2. The first-order valence-corrected chi connectivity index (χ1v) is 11.5. The monoisotopic (exact) mass is 508 g/mol. The SMILES string of the molecule is O=C1[C@@H]2[C@H](C(=O)N1N=Cc1cc(Cl)c(OCc3ccc(Cl)cc3Cl)c(Cl)c1)[C@H]1C=C[C@H]2C1. The summed E-state index contributed by atoms with van der Waals surface area (Å²) in [5.74, 6) is -0.515. The molecule has 9 heteroatoms. The van der Waals surface area contributed by atoms with E-state index in [1.807, 2.05) is 12.2 Å². The zero-order valence-corrected chi connectivity index (χ0v) is 19.5. The summed E-state index contributed by atoms with van der Waals surface area (Å²) in [5, 5.41) is 6.67. The molecule has 1 saturated heterocycles. The predicted molar refractivity (Wildman–Crippen MR) is 124 cm³/mol. The van der Waals surface area contributed by atoms with Crippen molar-refractivity contribution >= 4 is 64.4 Å². The van der Waals surface area contributed by atoms with E-state index in [0.717, 1.165) is 17.0 Å². The topological polar surface area (TPSA) is 59.0 Å². The van der Waals surface area contributed by atoms with Crippen LogP contribution in [0.4, 0.5) is 0 Å². The van der Waals surface area contributed by atoms with Crippen molar-refractivity contribution in [1.82, 2.24) is 5.01 Å². The number of carbonyl (C=O) groups excluding carboxylic acids is 2. The van der Waals surface area contributed by atoms with Crippen LogP contribution in [0.2, 0.25) is 20.1 Å². The number of ether oxygens (including phenoxy) is 1. The Morgan fingerprint density at radius 2 is 1.56 bits per heavy atom. The number of halogens is 4. The third-order valence-electron chi connectivity index (χ3n) is 6.18. The summed E-state index contributed by atoms with van der Waals surface area (Å²) in [7, 11) is 0. The molecule has 1 saturated carbocycles. The quantitative estimate of drug-likeness (QED) is 0.281. The van der Waals surface area contributed by atoms with Gasteiger partial charge in [0, 0.05) is 15.6 Å². The van der Waals surface area contributed by atoms with Gasteiger partial charge in [-0.1, -0.05) is 64.6 Å². The summed E-state index contributed by atoms with van der Waals surface area (Å²) >= 11 is 24.8. The lowest BCUT2D eigenvalue weighted by molar-refractivity contribution is -0.140. The van der Waals surface area contributed by atoms with E-state index < -0.39 is 0 Å². The molecule has 0 radical (unpaired) electrons. The molecule has 1 aliphatic heterocycles. The van der Waals surface area contributed by atoms with Crippen LogP contribution in [0.1, 0.15) is 17.5 Å². The van der Waals surface area contributed by atoms with Gasteiger partial charge in [-0.2, -0.15) is 10.1 Å². The number of benzene rings is 2. The van der Waals surface area contributed by atoms with E-state index in [1.54, 1.807) is 30.3 Å². The number of hydrogen-bond acceptors (Lipinski definition) is 4. The minimum Gasteiger partial charge on any atom is -0.486 e. The Labute approximate surface area is 204 Å². The highest BCUT2D eigenvalue weighted by Crippen LogP contribution is 2.52. The molecule has 0 aromatic heterocycles. The van der Waals surface area contributed by atoms with Gasteiger partial charge in [-0.05, 0) is 48.1 Å². The fourth-order valence-electron chi connectivity index (χ4n) is 4.71. The fraction of sp³-hybridized carbons (Fsp3) is 0.261. The highest BCUT2D eigenvalue weighted by molar-refractivity contribution is 6.37. The van der Waals surface area contributed by atoms with Gasteiger partial charge in [-0.15, -0.1) is 0 Å². The van der Waals surface area contributed by atoms with Crippen LogP contribution in [0.25, 0.3) is 0 Å². The molecule has 5 nitrogen and oxygen atoms in total. The average molecular weight is 510 g/mol. The Kier molecular flexibility index (Phi) is 5.70. The van der Waals surface area contributed by atoms with Crippen LogP contribution in [0, 0.1) is 23.7 Å². The number of hydrazone groups is 1. The van der Waals surface area contributed by atoms with E-state index in [1.165, 1.54) is 6.21 Å². The smallest absolute Gasteiger partial charge is 0.254 e. The lowest BCUT2D eigenvalue weighted by Crippen LogP contribution is -2.28. The summed E-state index contributed by atoms with van der Waals surface area (Å²) in [5.41, 5.74) is 1.27. The highest BCUT2D eigenvalue weighted by atomic mass is 35.5. The summed E-state index contributed by atoms with van der Waals surface area (Å²) in [6.07, 6.45) is 6.36. The Morgan fingerprint density at radius 3 is 2.16 bits per heavy atom. The molecule has 2 bridgehead atoms. The molecule has 0 unspecified atom stereocenters. The van der Waals surface area contributed by atoms with Gasteiger partial charge in [0.2, 0.25) is 0 Å². The van der Waals surface area contributed by atoms with E-state index in [4.69, 9.17) is 51.1 Å². The Morgan fingerprint density at radius 1 is 0.938 bits per heavy atom. The molecule has 0 spiro atoms. The van der Waals surface area contributed by atoms with E-state index in [-0.39, 0.29) is 52.1 Å². The van der Waals surface area contributed by atoms with Crippen LogP contribution >= 0.6 is 46.4 Å². The number of nitrogens with zero attached hydrogens (tertiary/aromatic N) is 2. The first kappa shape index (κ1) is 21.8. The number of hydrogen-bond donors (Lipinski definition) is 0. The molecule has 5 rings (SSSR count). The second kappa shape index (κ2) is 8.38. The number of imide groups is 1. The maximum atomic E-state index is 12.7. The van der Waals surface area contributed by atoms with Gasteiger partial charge in [-0.3, -0.25) is 9.59 Å². The molecule has 2 aliphatic carbocycles. The number of fused-ring (bicyclic) bond motifs is 5. The Hall–Kier alpha value is -2.05. The second-order valence-electron chi connectivity index (χ2n) is 8.07. The van der Waals surface area contributed by atoms with Crippen molar-refractivity contribution in [3.63, 3.8) is 0 Å². The highest BCUT2D eigenvalue weighted by Gasteiger charge is 2.59. The fourth-order valence-corrected chi connectivity index (χ4v) is 5.78. The zero-order valence-electron chi connectivity index (χ0n) is 16.5. The van der Waals surface area contributed by atoms with Crippen LogP contribution < -0.4 is 4.74 Å². The summed E-state index contributed by atoms with van der Waals surface area (Å²) < 4.78 is 5.76. The van der Waals surface area contributed by atoms with Crippen molar-refractivity contribution in [2.45, 2.75) is 13.0 Å². The molecule has 164 valence electrons. The van der Waals surface area contributed by atoms with Gasteiger partial charge < -0.3 is 4.74 Å².